The van der Waals surface area contributed by atoms with Crippen LogP contribution in [0.1, 0.15) is 19.4 Å². The predicted molar refractivity (Wildman–Crippen MR) is 87.3 cm³/mol. The summed E-state index contributed by atoms with van der Waals surface area (Å²) in [4.78, 5) is 16.0. The number of aliphatic hydroxyl groups is 2. The molecule has 1 aliphatic heterocycles. The minimum absolute atomic E-state index is 0.421. The summed E-state index contributed by atoms with van der Waals surface area (Å²) in [7, 11) is 0. The Hall–Kier alpha value is -1.30. The van der Waals surface area contributed by atoms with Gasteiger partial charge in [0.15, 0.2) is 6.10 Å². The summed E-state index contributed by atoms with van der Waals surface area (Å²) >= 11 is 6.15. The number of anilines is 1. The molecule has 122 valence electrons. The molecule has 0 spiro atoms. The molecule has 22 heavy (non-hydrogen) atoms. The first-order valence-corrected chi connectivity index (χ1v) is 7.79. The van der Waals surface area contributed by atoms with E-state index in [1.807, 2.05) is 25.1 Å². The van der Waals surface area contributed by atoms with Crippen LogP contribution in [0.2, 0.25) is 5.02 Å². The quantitative estimate of drug-likeness (QED) is 0.882. The fraction of sp³-hybridized carbons (Fsp3) is 0.562. The molecule has 5 nitrogen and oxygen atoms in total. The number of aliphatic hydroxyl groups excluding tert-OH is 1. The number of rotatable bonds is 3. The van der Waals surface area contributed by atoms with E-state index in [0.29, 0.717) is 26.2 Å². The zero-order valence-corrected chi connectivity index (χ0v) is 14.0. The van der Waals surface area contributed by atoms with Crippen molar-refractivity contribution in [1.82, 2.24) is 4.90 Å². The molecule has 1 aliphatic rings. The molecule has 0 bridgehead atoms. The highest BCUT2D eigenvalue weighted by atomic mass is 35.5. The maximum atomic E-state index is 12.2. The molecule has 1 atom stereocenters. The van der Waals surface area contributed by atoms with Gasteiger partial charge < -0.3 is 20.0 Å². The zero-order valence-electron chi connectivity index (χ0n) is 13.2. The number of hydrogen-bond acceptors (Lipinski definition) is 4. The van der Waals surface area contributed by atoms with Crippen LogP contribution in [-0.4, -0.2) is 58.9 Å². The summed E-state index contributed by atoms with van der Waals surface area (Å²) < 4.78 is 0. The molecule has 1 heterocycles. The van der Waals surface area contributed by atoms with Crippen LogP contribution >= 0.6 is 11.6 Å². The van der Waals surface area contributed by atoms with Gasteiger partial charge in [-0.05, 0) is 38.5 Å². The lowest BCUT2D eigenvalue weighted by Gasteiger charge is -2.38. The third-order valence-electron chi connectivity index (χ3n) is 4.07. The van der Waals surface area contributed by atoms with Gasteiger partial charge in [0.1, 0.15) is 0 Å². The average molecular weight is 327 g/mol. The van der Waals surface area contributed by atoms with E-state index in [0.717, 1.165) is 16.3 Å². The second kappa shape index (κ2) is 6.44. The summed E-state index contributed by atoms with van der Waals surface area (Å²) in [5, 5.41) is 20.4. The number of carbonyl (C=O) groups is 1. The fourth-order valence-electron chi connectivity index (χ4n) is 2.58. The molecule has 2 rings (SSSR count). The van der Waals surface area contributed by atoms with Gasteiger partial charge >= 0.3 is 0 Å². The van der Waals surface area contributed by atoms with Crippen molar-refractivity contribution in [2.75, 3.05) is 31.1 Å². The van der Waals surface area contributed by atoms with E-state index < -0.39 is 17.6 Å². The highest BCUT2D eigenvalue weighted by Crippen LogP contribution is 2.27. The average Bonchev–Trinajstić information content (AvgIpc) is 2.48. The Morgan fingerprint density at radius 3 is 2.41 bits per heavy atom. The smallest absolute Gasteiger partial charge is 0.254 e. The summed E-state index contributed by atoms with van der Waals surface area (Å²) in [6.07, 6.45) is -1.40. The van der Waals surface area contributed by atoms with E-state index >= 15 is 0 Å². The van der Waals surface area contributed by atoms with Crippen LogP contribution in [0, 0.1) is 6.92 Å². The lowest BCUT2D eigenvalue weighted by Crippen LogP contribution is -2.55. The minimum Gasteiger partial charge on any atom is -0.387 e. The normalized spacial score (nSPS) is 17.5. The van der Waals surface area contributed by atoms with Crippen molar-refractivity contribution >= 4 is 23.2 Å². The summed E-state index contributed by atoms with van der Waals surface area (Å²) in [5.74, 6) is -0.421. The monoisotopic (exact) mass is 326 g/mol. The zero-order chi connectivity index (χ0) is 16.5. The molecule has 6 heteroatoms. The van der Waals surface area contributed by atoms with Crippen LogP contribution < -0.4 is 4.90 Å². The second-order valence-corrected chi connectivity index (χ2v) is 6.66. The highest BCUT2D eigenvalue weighted by molar-refractivity contribution is 6.31. The number of piperazine rings is 1. The highest BCUT2D eigenvalue weighted by Gasteiger charge is 2.35. The Morgan fingerprint density at radius 1 is 1.27 bits per heavy atom. The van der Waals surface area contributed by atoms with Crippen molar-refractivity contribution in [3.8, 4) is 0 Å². The van der Waals surface area contributed by atoms with Gasteiger partial charge in [-0.25, -0.2) is 0 Å². The molecule has 1 aromatic carbocycles. The van der Waals surface area contributed by atoms with E-state index in [1.165, 1.54) is 13.8 Å². The van der Waals surface area contributed by atoms with Crippen molar-refractivity contribution in [2.45, 2.75) is 32.5 Å². The van der Waals surface area contributed by atoms with E-state index in [1.54, 1.807) is 4.90 Å². The Labute approximate surface area is 136 Å². The van der Waals surface area contributed by atoms with Gasteiger partial charge in [-0.15, -0.1) is 0 Å². The molecule has 0 aromatic heterocycles. The molecule has 0 saturated carbocycles. The maximum Gasteiger partial charge on any atom is 0.254 e. The fourth-order valence-corrected chi connectivity index (χ4v) is 2.75. The summed E-state index contributed by atoms with van der Waals surface area (Å²) in [6, 6.07) is 5.80. The molecular formula is C16H23ClN2O3. The lowest BCUT2D eigenvalue weighted by atomic mass is 10.0. The van der Waals surface area contributed by atoms with Crippen LogP contribution in [0.3, 0.4) is 0 Å². The minimum atomic E-state index is -1.43. The summed E-state index contributed by atoms with van der Waals surface area (Å²) in [5.41, 5.74) is 0.667. The molecule has 1 saturated heterocycles. The van der Waals surface area contributed by atoms with Crippen LogP contribution in [-0.2, 0) is 4.79 Å². The van der Waals surface area contributed by atoms with Gasteiger partial charge in [-0.3, -0.25) is 4.79 Å². The Kier molecular flexibility index (Phi) is 5.00. The van der Waals surface area contributed by atoms with Crippen molar-refractivity contribution in [1.29, 1.82) is 0 Å². The SMILES string of the molecule is Cc1c(Cl)cccc1N1CCN(C(=O)C(O)C(C)(C)O)CC1. The number of halogens is 1. The maximum absolute atomic E-state index is 12.2. The Balaban J connectivity index is 2.02. The van der Waals surface area contributed by atoms with Gasteiger partial charge in [-0.2, -0.15) is 0 Å². The first-order chi connectivity index (χ1) is 10.2. The van der Waals surface area contributed by atoms with Crippen molar-refractivity contribution in [2.24, 2.45) is 0 Å². The van der Waals surface area contributed by atoms with Crippen molar-refractivity contribution in [3.05, 3.63) is 28.8 Å². The standard InChI is InChI=1S/C16H23ClN2O3/c1-11-12(17)5-4-6-13(11)18-7-9-19(10-8-18)15(21)14(20)16(2,3)22/h4-6,14,20,22H,7-10H2,1-3H3. The summed E-state index contributed by atoms with van der Waals surface area (Å²) in [6.45, 7) is 7.21. The first kappa shape index (κ1) is 17.1. The lowest BCUT2D eigenvalue weighted by molar-refractivity contribution is -0.153. The third-order valence-corrected chi connectivity index (χ3v) is 4.48. The van der Waals surface area contributed by atoms with Crippen LogP contribution in [0.25, 0.3) is 0 Å². The van der Waals surface area contributed by atoms with Crippen LogP contribution in [0.5, 0.6) is 0 Å². The number of hydrogen-bond donors (Lipinski definition) is 2. The van der Waals surface area contributed by atoms with Gasteiger partial charge in [-0.1, -0.05) is 17.7 Å². The van der Waals surface area contributed by atoms with E-state index in [9.17, 15) is 15.0 Å². The molecule has 1 fully saturated rings. The number of carbonyl (C=O) groups excluding carboxylic acids is 1. The second-order valence-electron chi connectivity index (χ2n) is 6.25. The molecule has 0 aliphatic carbocycles. The first-order valence-electron chi connectivity index (χ1n) is 7.41. The van der Waals surface area contributed by atoms with E-state index in [4.69, 9.17) is 11.6 Å². The van der Waals surface area contributed by atoms with Crippen molar-refractivity contribution in [3.63, 3.8) is 0 Å². The van der Waals surface area contributed by atoms with Gasteiger partial charge in [0, 0.05) is 36.9 Å². The topological polar surface area (TPSA) is 64.0 Å². The number of nitrogens with zero attached hydrogens (tertiary/aromatic N) is 2. The van der Waals surface area contributed by atoms with Gasteiger partial charge in [0.2, 0.25) is 0 Å². The van der Waals surface area contributed by atoms with Crippen LogP contribution in [0.15, 0.2) is 18.2 Å². The number of amides is 1. The molecule has 1 amide bonds. The molecule has 0 radical (unpaired) electrons. The van der Waals surface area contributed by atoms with E-state index in [-0.39, 0.29) is 0 Å². The third kappa shape index (κ3) is 3.54. The van der Waals surface area contributed by atoms with Gasteiger partial charge in [0.05, 0.1) is 5.60 Å². The predicted octanol–water partition coefficient (Wildman–Crippen LogP) is 1.43. The van der Waals surface area contributed by atoms with Crippen molar-refractivity contribution < 1.29 is 15.0 Å². The Bertz CT molecular complexity index is 549. The molecular weight excluding hydrogens is 304 g/mol. The molecule has 2 N–H and O–H groups in total. The van der Waals surface area contributed by atoms with Crippen LogP contribution in [0.4, 0.5) is 5.69 Å². The van der Waals surface area contributed by atoms with E-state index in [2.05, 4.69) is 4.90 Å². The largest absolute Gasteiger partial charge is 0.387 e. The molecule has 1 unspecified atom stereocenters. The Morgan fingerprint density at radius 2 is 1.86 bits per heavy atom. The number of benzene rings is 1. The molecule has 1 aromatic rings. The van der Waals surface area contributed by atoms with Gasteiger partial charge in [0.25, 0.3) is 5.91 Å².